The summed E-state index contributed by atoms with van der Waals surface area (Å²) in [7, 11) is 0. The van der Waals surface area contributed by atoms with Gasteiger partial charge in [0.15, 0.2) is 5.79 Å². The molecule has 0 bridgehead atoms. The van der Waals surface area contributed by atoms with Gasteiger partial charge in [0.05, 0.1) is 13.2 Å². The topological polar surface area (TPSA) is 51.0 Å². The minimum atomic E-state index is -0.324. The first-order chi connectivity index (χ1) is 10.1. The molecule has 0 aromatic carbocycles. The van der Waals surface area contributed by atoms with Crippen molar-refractivity contribution in [2.24, 2.45) is 11.7 Å². The summed E-state index contributed by atoms with van der Waals surface area (Å²) in [5.41, 5.74) is 6.41. The summed E-state index contributed by atoms with van der Waals surface area (Å²) in [6, 6.07) is 0.679. The number of hydrogen-bond donors (Lipinski definition) is 1. The highest BCUT2D eigenvalue weighted by atomic mass is 16.7. The van der Waals surface area contributed by atoms with Crippen LogP contribution >= 0.6 is 0 Å². The molecule has 1 spiro atoms. The van der Waals surface area contributed by atoms with E-state index in [4.69, 9.17) is 15.2 Å². The van der Waals surface area contributed by atoms with Crippen molar-refractivity contribution in [3.63, 3.8) is 0 Å². The van der Waals surface area contributed by atoms with Crippen molar-refractivity contribution >= 4 is 0 Å². The molecule has 2 N–H and O–H groups in total. The molecule has 122 valence electrons. The second-order valence-corrected chi connectivity index (χ2v) is 7.31. The van der Waals surface area contributed by atoms with Gasteiger partial charge in [-0.15, -0.1) is 0 Å². The second kappa shape index (κ2) is 6.50. The van der Waals surface area contributed by atoms with E-state index in [1.807, 2.05) is 0 Å². The van der Waals surface area contributed by atoms with Crippen LogP contribution in [0.4, 0.5) is 0 Å². The zero-order valence-electron chi connectivity index (χ0n) is 13.6. The van der Waals surface area contributed by atoms with E-state index in [0.29, 0.717) is 6.04 Å². The Labute approximate surface area is 128 Å². The largest absolute Gasteiger partial charge is 0.347 e. The summed E-state index contributed by atoms with van der Waals surface area (Å²) in [6.45, 7) is 11.9. The monoisotopic (exact) mass is 297 g/mol. The van der Waals surface area contributed by atoms with Crippen LogP contribution in [0, 0.1) is 5.92 Å². The molecule has 3 aliphatic rings. The zero-order chi connectivity index (χ0) is 14.9. The fourth-order valence-electron chi connectivity index (χ4n) is 4.10. The number of nitrogens with zero attached hydrogens (tertiary/aromatic N) is 2. The lowest BCUT2D eigenvalue weighted by molar-refractivity contribution is -0.193. The Bertz CT molecular complexity index is 336. The quantitative estimate of drug-likeness (QED) is 0.838. The molecule has 2 saturated heterocycles. The standard InChI is InChI=1S/C16H31N3O2/c1-13(2)12-18-5-7-19(8-6-18)15-11-16(4-3-14(15)17)20-9-10-21-16/h13-15H,3-12,17H2,1-2H3. The van der Waals surface area contributed by atoms with Gasteiger partial charge >= 0.3 is 0 Å². The summed E-state index contributed by atoms with van der Waals surface area (Å²) in [4.78, 5) is 5.15. The van der Waals surface area contributed by atoms with Gasteiger partial charge in [0.2, 0.25) is 0 Å². The molecule has 0 aromatic heterocycles. The Morgan fingerprint density at radius 3 is 2.43 bits per heavy atom. The van der Waals surface area contributed by atoms with Gasteiger partial charge in [-0.25, -0.2) is 0 Å². The van der Waals surface area contributed by atoms with Gasteiger partial charge in [-0.2, -0.15) is 0 Å². The first-order valence-corrected chi connectivity index (χ1v) is 8.58. The predicted octanol–water partition coefficient (Wildman–Crippen LogP) is 0.883. The first kappa shape index (κ1) is 15.7. The summed E-state index contributed by atoms with van der Waals surface area (Å²) >= 11 is 0. The van der Waals surface area contributed by atoms with Crippen LogP contribution in [-0.4, -0.2) is 73.6 Å². The summed E-state index contributed by atoms with van der Waals surface area (Å²) in [5.74, 6) is 0.423. The minimum absolute atomic E-state index is 0.264. The lowest BCUT2D eigenvalue weighted by Crippen LogP contribution is -2.60. The molecule has 3 fully saturated rings. The number of piperazine rings is 1. The van der Waals surface area contributed by atoms with Crippen molar-refractivity contribution in [1.82, 2.24) is 9.80 Å². The number of rotatable bonds is 3. The lowest BCUT2D eigenvalue weighted by Gasteiger charge is -2.47. The maximum Gasteiger partial charge on any atom is 0.170 e. The van der Waals surface area contributed by atoms with Gasteiger partial charge in [0.1, 0.15) is 0 Å². The number of nitrogens with two attached hydrogens (primary N) is 1. The molecule has 21 heavy (non-hydrogen) atoms. The maximum absolute atomic E-state index is 6.41. The van der Waals surface area contributed by atoms with Gasteiger partial charge in [-0.1, -0.05) is 13.8 Å². The molecule has 2 heterocycles. The van der Waals surface area contributed by atoms with E-state index >= 15 is 0 Å². The van der Waals surface area contributed by atoms with Crippen molar-refractivity contribution in [2.45, 2.75) is 51.0 Å². The molecule has 1 saturated carbocycles. The van der Waals surface area contributed by atoms with Crippen LogP contribution in [0.25, 0.3) is 0 Å². The van der Waals surface area contributed by atoms with Crippen molar-refractivity contribution < 1.29 is 9.47 Å². The van der Waals surface area contributed by atoms with Crippen LogP contribution in [0.1, 0.15) is 33.1 Å². The number of hydrogen-bond acceptors (Lipinski definition) is 5. The van der Waals surface area contributed by atoms with Crippen LogP contribution in [0.15, 0.2) is 0 Å². The van der Waals surface area contributed by atoms with Gasteiger partial charge in [0, 0.05) is 57.6 Å². The average Bonchev–Trinajstić information content (AvgIpc) is 2.91. The van der Waals surface area contributed by atoms with E-state index in [-0.39, 0.29) is 11.8 Å². The highest BCUT2D eigenvalue weighted by Gasteiger charge is 2.46. The van der Waals surface area contributed by atoms with E-state index in [1.165, 1.54) is 6.54 Å². The van der Waals surface area contributed by atoms with E-state index in [0.717, 1.165) is 64.6 Å². The van der Waals surface area contributed by atoms with Crippen molar-refractivity contribution in [3.05, 3.63) is 0 Å². The fraction of sp³-hybridized carbons (Fsp3) is 1.00. The first-order valence-electron chi connectivity index (χ1n) is 8.58. The third-order valence-corrected chi connectivity index (χ3v) is 5.19. The molecule has 0 amide bonds. The Morgan fingerprint density at radius 1 is 1.14 bits per heavy atom. The maximum atomic E-state index is 6.41. The Balaban J connectivity index is 1.56. The summed E-state index contributed by atoms with van der Waals surface area (Å²) < 4.78 is 11.8. The van der Waals surface area contributed by atoms with Crippen molar-refractivity contribution in [2.75, 3.05) is 45.9 Å². The Hall–Kier alpha value is -0.200. The van der Waals surface area contributed by atoms with Crippen LogP contribution in [0.2, 0.25) is 0 Å². The highest BCUT2D eigenvalue weighted by Crippen LogP contribution is 2.37. The molecule has 5 heteroatoms. The van der Waals surface area contributed by atoms with Crippen LogP contribution in [0.5, 0.6) is 0 Å². The molecule has 0 radical (unpaired) electrons. The average molecular weight is 297 g/mol. The van der Waals surface area contributed by atoms with Gasteiger partial charge < -0.3 is 20.1 Å². The number of ether oxygens (including phenoxy) is 2. The van der Waals surface area contributed by atoms with Crippen LogP contribution < -0.4 is 5.73 Å². The predicted molar refractivity (Wildman–Crippen MR) is 83.1 cm³/mol. The SMILES string of the molecule is CC(C)CN1CCN(C2CC3(CCC2N)OCCO3)CC1. The third kappa shape index (κ3) is 3.59. The van der Waals surface area contributed by atoms with E-state index in [9.17, 15) is 0 Å². The molecule has 2 unspecified atom stereocenters. The van der Waals surface area contributed by atoms with Crippen molar-refractivity contribution in [1.29, 1.82) is 0 Å². The summed E-state index contributed by atoms with van der Waals surface area (Å²) in [5, 5.41) is 0. The van der Waals surface area contributed by atoms with Gasteiger partial charge in [-0.3, -0.25) is 4.90 Å². The van der Waals surface area contributed by atoms with Gasteiger partial charge in [0.25, 0.3) is 0 Å². The molecule has 2 aliphatic heterocycles. The normalized spacial score (nSPS) is 34.9. The van der Waals surface area contributed by atoms with Crippen molar-refractivity contribution in [3.8, 4) is 0 Å². The molecule has 1 aliphatic carbocycles. The Morgan fingerprint density at radius 2 is 1.81 bits per heavy atom. The zero-order valence-corrected chi connectivity index (χ0v) is 13.6. The smallest absolute Gasteiger partial charge is 0.170 e. The van der Waals surface area contributed by atoms with Crippen LogP contribution in [0.3, 0.4) is 0 Å². The molecular weight excluding hydrogens is 266 g/mol. The van der Waals surface area contributed by atoms with E-state index in [1.54, 1.807) is 0 Å². The molecule has 2 atom stereocenters. The molecular formula is C16H31N3O2. The highest BCUT2D eigenvalue weighted by molar-refractivity contribution is 4.96. The minimum Gasteiger partial charge on any atom is -0.347 e. The molecule has 0 aromatic rings. The fourth-order valence-corrected chi connectivity index (χ4v) is 4.10. The molecule has 5 nitrogen and oxygen atoms in total. The Kier molecular flexibility index (Phi) is 4.86. The third-order valence-electron chi connectivity index (χ3n) is 5.19. The second-order valence-electron chi connectivity index (χ2n) is 7.31. The van der Waals surface area contributed by atoms with Crippen LogP contribution in [-0.2, 0) is 9.47 Å². The lowest BCUT2D eigenvalue weighted by atomic mass is 9.85. The molecule has 3 rings (SSSR count). The van der Waals surface area contributed by atoms with E-state index in [2.05, 4.69) is 23.6 Å². The van der Waals surface area contributed by atoms with Gasteiger partial charge in [-0.05, 0) is 12.3 Å². The van der Waals surface area contributed by atoms with E-state index < -0.39 is 0 Å². The summed E-state index contributed by atoms with van der Waals surface area (Å²) in [6.07, 6.45) is 2.91.